The van der Waals surface area contributed by atoms with Crippen molar-refractivity contribution in [1.29, 1.82) is 0 Å². The Balaban J connectivity index is 2.61. The van der Waals surface area contributed by atoms with Crippen molar-refractivity contribution in [2.24, 2.45) is 5.41 Å². The first kappa shape index (κ1) is 17.5. The van der Waals surface area contributed by atoms with E-state index in [1.54, 1.807) is 27.1 Å². The highest BCUT2D eigenvalue weighted by molar-refractivity contribution is 7.99. The Bertz CT molecular complexity index is 508. The van der Waals surface area contributed by atoms with Crippen molar-refractivity contribution in [2.45, 2.75) is 51.9 Å². The molecule has 7 nitrogen and oxygen atoms in total. The molecular weight excluding hydrogens is 292 g/mol. The van der Waals surface area contributed by atoms with Gasteiger partial charge in [-0.3, -0.25) is 4.79 Å². The van der Waals surface area contributed by atoms with Crippen LogP contribution in [0.15, 0.2) is 11.5 Å². The summed E-state index contributed by atoms with van der Waals surface area (Å²) in [6.07, 6.45) is 1.61. The summed E-state index contributed by atoms with van der Waals surface area (Å²) in [6.45, 7) is 9.30. The molecule has 0 radical (unpaired) electrons. The highest BCUT2D eigenvalue weighted by atomic mass is 32.2. The monoisotopic (exact) mass is 314 g/mol. The first-order chi connectivity index (χ1) is 9.62. The van der Waals surface area contributed by atoms with Crippen LogP contribution >= 0.6 is 11.8 Å². The number of hydrogen-bond acceptors (Lipinski definition) is 5. The van der Waals surface area contributed by atoms with Crippen LogP contribution in [0.2, 0.25) is 0 Å². The van der Waals surface area contributed by atoms with E-state index >= 15 is 0 Å². The number of carbonyl (C=O) groups is 2. The van der Waals surface area contributed by atoms with Crippen molar-refractivity contribution < 1.29 is 14.7 Å². The molecule has 0 aliphatic carbocycles. The van der Waals surface area contributed by atoms with E-state index in [9.17, 15) is 14.7 Å². The average molecular weight is 314 g/mol. The van der Waals surface area contributed by atoms with E-state index in [-0.39, 0.29) is 17.7 Å². The van der Waals surface area contributed by atoms with Crippen molar-refractivity contribution in [3.8, 4) is 0 Å². The molecule has 0 aromatic carbocycles. The zero-order valence-electron chi connectivity index (χ0n) is 13.0. The first-order valence-corrected chi connectivity index (χ1v) is 7.66. The summed E-state index contributed by atoms with van der Waals surface area (Å²) in [6, 6.07) is -0.722. The van der Waals surface area contributed by atoms with Gasteiger partial charge in [0.05, 0.1) is 5.75 Å². The minimum Gasteiger partial charge on any atom is -0.480 e. The molecule has 0 fully saturated rings. The van der Waals surface area contributed by atoms with E-state index in [1.807, 2.05) is 18.4 Å². The summed E-state index contributed by atoms with van der Waals surface area (Å²) < 4.78 is 1.86. The number of carboxylic acids is 1. The van der Waals surface area contributed by atoms with E-state index in [4.69, 9.17) is 0 Å². The van der Waals surface area contributed by atoms with E-state index in [1.165, 1.54) is 11.8 Å². The fourth-order valence-corrected chi connectivity index (χ4v) is 2.53. The third-order valence-corrected chi connectivity index (χ3v) is 3.80. The quantitative estimate of drug-likeness (QED) is 0.774. The second-order valence-electron chi connectivity index (χ2n) is 6.11. The van der Waals surface area contributed by atoms with Crippen LogP contribution in [0.1, 0.15) is 40.7 Å². The molecule has 1 amide bonds. The van der Waals surface area contributed by atoms with Gasteiger partial charge in [0.1, 0.15) is 12.4 Å². The molecule has 0 aliphatic rings. The maximum atomic E-state index is 11.9. The molecule has 118 valence electrons. The van der Waals surface area contributed by atoms with Gasteiger partial charge in [-0.15, -0.1) is 10.2 Å². The second-order valence-corrected chi connectivity index (χ2v) is 7.05. The van der Waals surface area contributed by atoms with Gasteiger partial charge in [-0.25, -0.2) is 4.79 Å². The van der Waals surface area contributed by atoms with Gasteiger partial charge in [-0.1, -0.05) is 32.5 Å². The van der Waals surface area contributed by atoms with E-state index in [2.05, 4.69) is 15.5 Å². The molecule has 8 heteroatoms. The molecule has 0 bridgehead atoms. The molecule has 1 aromatic rings. The normalized spacial score (nSPS) is 13.2. The molecule has 0 aliphatic heterocycles. The predicted octanol–water partition coefficient (Wildman–Crippen LogP) is 1.57. The molecule has 2 N–H and O–H groups in total. The molecule has 1 atom stereocenters. The van der Waals surface area contributed by atoms with Gasteiger partial charge in [0, 0.05) is 6.04 Å². The molecule has 0 spiro atoms. The van der Waals surface area contributed by atoms with Gasteiger partial charge in [-0.2, -0.15) is 0 Å². The Morgan fingerprint density at radius 3 is 2.52 bits per heavy atom. The third-order valence-electron chi connectivity index (χ3n) is 2.85. The minimum absolute atomic E-state index is 0.102. The fourth-order valence-electron chi connectivity index (χ4n) is 1.67. The maximum absolute atomic E-state index is 11.9. The summed E-state index contributed by atoms with van der Waals surface area (Å²) in [5, 5.41) is 20.1. The van der Waals surface area contributed by atoms with Crippen LogP contribution in [0.4, 0.5) is 0 Å². The lowest BCUT2D eigenvalue weighted by Crippen LogP contribution is -2.49. The Labute approximate surface area is 128 Å². The van der Waals surface area contributed by atoms with Crippen LogP contribution in [0, 0.1) is 5.41 Å². The Morgan fingerprint density at radius 2 is 2.05 bits per heavy atom. The lowest BCUT2D eigenvalue weighted by Gasteiger charge is -2.27. The van der Waals surface area contributed by atoms with Crippen LogP contribution in [0.25, 0.3) is 0 Å². The van der Waals surface area contributed by atoms with Crippen molar-refractivity contribution >= 4 is 23.6 Å². The van der Waals surface area contributed by atoms with Gasteiger partial charge in [0.25, 0.3) is 0 Å². The summed E-state index contributed by atoms with van der Waals surface area (Å²) in [5.41, 5.74) is -0.551. The molecule has 0 saturated carbocycles. The Morgan fingerprint density at radius 1 is 1.43 bits per heavy atom. The van der Waals surface area contributed by atoms with Gasteiger partial charge in [0.15, 0.2) is 5.16 Å². The molecule has 1 unspecified atom stereocenters. The topological polar surface area (TPSA) is 97.1 Å². The number of carboxylic acid groups (broad SMARTS) is 1. The summed E-state index contributed by atoms with van der Waals surface area (Å²) in [4.78, 5) is 23.1. The number of carbonyl (C=O) groups excluding carboxylic acids is 1. The largest absolute Gasteiger partial charge is 0.480 e. The number of nitrogens with one attached hydrogen (secondary N) is 1. The summed E-state index contributed by atoms with van der Waals surface area (Å²) in [5.74, 6) is -1.27. The number of aliphatic carboxylic acids is 1. The van der Waals surface area contributed by atoms with Crippen molar-refractivity contribution in [3.63, 3.8) is 0 Å². The third kappa shape index (κ3) is 5.04. The minimum atomic E-state index is -1.04. The van der Waals surface area contributed by atoms with Gasteiger partial charge < -0.3 is 15.0 Å². The van der Waals surface area contributed by atoms with Crippen LogP contribution in [0.5, 0.6) is 0 Å². The Kier molecular flexibility index (Phi) is 5.77. The number of amides is 1. The zero-order chi connectivity index (χ0) is 16.2. The first-order valence-electron chi connectivity index (χ1n) is 6.67. The SMILES string of the molecule is CC(C)n1cnnc1SCC(=O)NC(C(=O)O)C(C)(C)C. The van der Waals surface area contributed by atoms with E-state index < -0.39 is 17.4 Å². The highest BCUT2D eigenvalue weighted by Gasteiger charge is 2.32. The highest BCUT2D eigenvalue weighted by Crippen LogP contribution is 2.21. The van der Waals surface area contributed by atoms with Crippen LogP contribution in [0.3, 0.4) is 0 Å². The van der Waals surface area contributed by atoms with Gasteiger partial charge in [0.2, 0.25) is 5.91 Å². The molecule has 21 heavy (non-hydrogen) atoms. The molecule has 1 aromatic heterocycles. The Hall–Kier alpha value is -1.57. The van der Waals surface area contributed by atoms with Crippen LogP contribution in [-0.4, -0.2) is 43.5 Å². The molecular formula is C13H22N4O3S. The average Bonchev–Trinajstić information content (AvgIpc) is 2.80. The maximum Gasteiger partial charge on any atom is 0.326 e. The number of thioether (sulfide) groups is 1. The smallest absolute Gasteiger partial charge is 0.326 e. The van der Waals surface area contributed by atoms with E-state index in [0.717, 1.165) is 0 Å². The van der Waals surface area contributed by atoms with Crippen LogP contribution in [-0.2, 0) is 9.59 Å². The fraction of sp³-hybridized carbons (Fsp3) is 0.692. The summed E-state index contributed by atoms with van der Waals surface area (Å²) in [7, 11) is 0. The second kappa shape index (κ2) is 6.93. The van der Waals surface area contributed by atoms with Crippen LogP contribution < -0.4 is 5.32 Å². The van der Waals surface area contributed by atoms with Crippen molar-refractivity contribution in [2.75, 3.05) is 5.75 Å². The zero-order valence-corrected chi connectivity index (χ0v) is 13.8. The van der Waals surface area contributed by atoms with Crippen molar-refractivity contribution in [1.82, 2.24) is 20.1 Å². The lowest BCUT2D eigenvalue weighted by molar-refractivity contribution is -0.144. The standard InChI is InChI=1S/C13H22N4O3S/c1-8(2)17-7-14-16-12(17)21-6-9(18)15-10(11(19)20)13(3,4)5/h7-8,10H,6H2,1-5H3,(H,15,18)(H,19,20). The van der Waals surface area contributed by atoms with E-state index in [0.29, 0.717) is 5.16 Å². The van der Waals surface area contributed by atoms with Crippen molar-refractivity contribution in [3.05, 3.63) is 6.33 Å². The number of hydrogen-bond donors (Lipinski definition) is 2. The van der Waals surface area contributed by atoms with Gasteiger partial charge in [-0.05, 0) is 19.3 Å². The number of rotatable bonds is 6. The predicted molar refractivity (Wildman–Crippen MR) is 80.2 cm³/mol. The molecule has 0 saturated heterocycles. The number of nitrogens with zero attached hydrogens (tertiary/aromatic N) is 3. The number of aromatic nitrogens is 3. The molecule has 1 rings (SSSR count). The summed E-state index contributed by atoms with van der Waals surface area (Å²) >= 11 is 1.24. The molecule has 1 heterocycles. The van der Waals surface area contributed by atoms with Gasteiger partial charge >= 0.3 is 5.97 Å². The lowest BCUT2D eigenvalue weighted by atomic mass is 9.87.